The summed E-state index contributed by atoms with van der Waals surface area (Å²) >= 11 is 3.34. The number of hydrogen-bond acceptors (Lipinski definition) is 2. The van der Waals surface area contributed by atoms with Crippen molar-refractivity contribution in [2.45, 2.75) is 26.8 Å². The van der Waals surface area contributed by atoms with Crippen molar-refractivity contribution in [1.29, 1.82) is 0 Å². The van der Waals surface area contributed by atoms with Crippen LogP contribution in [0.15, 0.2) is 22.7 Å². The summed E-state index contributed by atoms with van der Waals surface area (Å²) in [6, 6.07) is 4.29. The van der Waals surface area contributed by atoms with Crippen LogP contribution in [0.5, 0.6) is 0 Å². The average molecular weight is 314 g/mol. The highest BCUT2D eigenvalue weighted by Crippen LogP contribution is 2.17. The predicted octanol–water partition coefficient (Wildman–Crippen LogP) is 2.60. The molecule has 5 heteroatoms. The third-order valence-electron chi connectivity index (χ3n) is 2.65. The molecule has 0 aliphatic carbocycles. The first-order chi connectivity index (χ1) is 8.32. The monoisotopic (exact) mass is 313 g/mol. The molecule has 0 unspecified atom stereocenters. The zero-order valence-electron chi connectivity index (χ0n) is 10.5. The van der Waals surface area contributed by atoms with Gasteiger partial charge in [0.2, 0.25) is 0 Å². The molecule has 0 aromatic heterocycles. The zero-order chi connectivity index (χ0) is 13.9. The lowest BCUT2D eigenvalue weighted by Crippen LogP contribution is -2.44. The van der Waals surface area contributed by atoms with Crippen LogP contribution >= 0.6 is 15.9 Å². The lowest BCUT2D eigenvalue weighted by atomic mass is 10.0. The summed E-state index contributed by atoms with van der Waals surface area (Å²) in [6.07, 6.45) is 0. The second-order valence-electron chi connectivity index (χ2n) is 4.50. The maximum atomic E-state index is 11.9. The maximum absolute atomic E-state index is 11.9. The van der Waals surface area contributed by atoms with Crippen molar-refractivity contribution in [2.75, 3.05) is 0 Å². The molecule has 18 heavy (non-hydrogen) atoms. The quantitative estimate of drug-likeness (QED) is 0.898. The van der Waals surface area contributed by atoms with E-state index in [4.69, 9.17) is 5.11 Å². The fraction of sp³-hybridized carbons (Fsp3) is 0.385. The van der Waals surface area contributed by atoms with Gasteiger partial charge in [-0.25, -0.2) is 4.79 Å². The normalized spacial score (nSPS) is 12.3. The number of aliphatic carboxylic acids is 1. The fourth-order valence-corrected chi connectivity index (χ4v) is 1.85. The molecule has 1 amide bonds. The van der Waals surface area contributed by atoms with Gasteiger partial charge in [-0.3, -0.25) is 4.79 Å². The molecule has 0 aliphatic rings. The molecule has 0 spiro atoms. The zero-order valence-corrected chi connectivity index (χ0v) is 12.1. The van der Waals surface area contributed by atoms with Gasteiger partial charge in [0.25, 0.3) is 5.91 Å². The van der Waals surface area contributed by atoms with Gasteiger partial charge >= 0.3 is 5.97 Å². The Morgan fingerprint density at radius 1 is 1.33 bits per heavy atom. The SMILES string of the molecule is Cc1ccc(C(=O)N[C@@H](C(=O)O)C(C)C)cc1Br. The number of aryl methyl sites for hydroxylation is 1. The lowest BCUT2D eigenvalue weighted by Gasteiger charge is -2.18. The minimum absolute atomic E-state index is 0.166. The van der Waals surface area contributed by atoms with E-state index in [2.05, 4.69) is 21.2 Å². The number of hydrogen-bond donors (Lipinski definition) is 2. The number of halogens is 1. The second-order valence-corrected chi connectivity index (χ2v) is 5.35. The average Bonchev–Trinajstić information content (AvgIpc) is 2.28. The number of carboxylic acids is 1. The molecule has 1 atom stereocenters. The Bertz CT molecular complexity index is 471. The minimum Gasteiger partial charge on any atom is -0.480 e. The molecule has 0 heterocycles. The van der Waals surface area contributed by atoms with E-state index < -0.39 is 12.0 Å². The first-order valence-corrected chi connectivity index (χ1v) is 6.42. The maximum Gasteiger partial charge on any atom is 0.326 e. The lowest BCUT2D eigenvalue weighted by molar-refractivity contribution is -0.140. The van der Waals surface area contributed by atoms with Crippen molar-refractivity contribution in [2.24, 2.45) is 5.92 Å². The highest BCUT2D eigenvalue weighted by atomic mass is 79.9. The molecule has 2 N–H and O–H groups in total. The Kier molecular flexibility index (Phi) is 4.90. The van der Waals surface area contributed by atoms with E-state index in [0.29, 0.717) is 5.56 Å². The topological polar surface area (TPSA) is 66.4 Å². The Balaban J connectivity index is 2.87. The summed E-state index contributed by atoms with van der Waals surface area (Å²) in [4.78, 5) is 22.9. The summed E-state index contributed by atoms with van der Waals surface area (Å²) in [5.41, 5.74) is 1.46. The number of rotatable bonds is 4. The van der Waals surface area contributed by atoms with Gasteiger partial charge in [-0.1, -0.05) is 35.8 Å². The molecule has 1 aromatic carbocycles. The minimum atomic E-state index is -1.02. The number of benzene rings is 1. The van der Waals surface area contributed by atoms with Crippen LogP contribution in [-0.4, -0.2) is 23.0 Å². The van der Waals surface area contributed by atoms with E-state index in [-0.39, 0.29) is 11.8 Å². The van der Waals surface area contributed by atoms with Gasteiger partial charge in [0.1, 0.15) is 6.04 Å². The number of carboxylic acid groups (broad SMARTS) is 1. The van der Waals surface area contributed by atoms with E-state index in [0.717, 1.165) is 10.0 Å². The van der Waals surface area contributed by atoms with E-state index in [9.17, 15) is 9.59 Å². The van der Waals surface area contributed by atoms with Crippen LogP contribution in [0.3, 0.4) is 0 Å². The van der Waals surface area contributed by atoms with Gasteiger partial charge in [0.05, 0.1) is 0 Å². The van der Waals surface area contributed by atoms with Crippen LogP contribution in [0.1, 0.15) is 29.8 Å². The Labute approximate surface area is 115 Å². The summed E-state index contributed by atoms with van der Waals surface area (Å²) < 4.78 is 0.826. The van der Waals surface area contributed by atoms with Crippen LogP contribution in [0, 0.1) is 12.8 Å². The molecule has 0 aliphatic heterocycles. The third kappa shape index (κ3) is 3.57. The van der Waals surface area contributed by atoms with E-state index in [1.165, 1.54) is 0 Å². The van der Waals surface area contributed by atoms with Gasteiger partial charge in [-0.05, 0) is 30.5 Å². The molecule has 98 valence electrons. The number of nitrogens with one attached hydrogen (secondary N) is 1. The van der Waals surface area contributed by atoms with Gasteiger partial charge in [-0.15, -0.1) is 0 Å². The molecule has 0 fully saturated rings. The van der Waals surface area contributed by atoms with Crippen molar-refractivity contribution in [3.05, 3.63) is 33.8 Å². The molecule has 4 nitrogen and oxygen atoms in total. The van der Waals surface area contributed by atoms with Crippen molar-refractivity contribution < 1.29 is 14.7 Å². The summed E-state index contributed by atoms with van der Waals surface area (Å²) in [5.74, 6) is -1.57. The van der Waals surface area contributed by atoms with Gasteiger partial charge in [0.15, 0.2) is 0 Å². The van der Waals surface area contributed by atoms with Crippen molar-refractivity contribution in [3.63, 3.8) is 0 Å². The van der Waals surface area contributed by atoms with Crippen molar-refractivity contribution >= 4 is 27.8 Å². The highest BCUT2D eigenvalue weighted by molar-refractivity contribution is 9.10. The molecule has 0 radical (unpaired) electrons. The third-order valence-corrected chi connectivity index (χ3v) is 3.51. The Morgan fingerprint density at radius 3 is 2.39 bits per heavy atom. The first kappa shape index (κ1) is 14.7. The molecular formula is C13H16BrNO3. The molecule has 1 rings (SSSR count). The van der Waals surface area contributed by atoms with E-state index in [1.807, 2.05) is 13.0 Å². The molecule has 0 bridgehead atoms. The number of amides is 1. The molecule has 0 saturated carbocycles. The van der Waals surface area contributed by atoms with Gasteiger partial charge in [0, 0.05) is 10.0 Å². The van der Waals surface area contributed by atoms with Crippen LogP contribution in [0.4, 0.5) is 0 Å². The summed E-state index contributed by atoms with van der Waals surface area (Å²) in [5, 5.41) is 11.5. The number of carbonyl (C=O) groups excluding carboxylic acids is 1. The second kappa shape index (κ2) is 6.00. The van der Waals surface area contributed by atoms with Crippen molar-refractivity contribution in [3.8, 4) is 0 Å². The Hall–Kier alpha value is -1.36. The Morgan fingerprint density at radius 2 is 1.94 bits per heavy atom. The molecule has 1 aromatic rings. The van der Waals surface area contributed by atoms with E-state index >= 15 is 0 Å². The van der Waals surface area contributed by atoms with Crippen molar-refractivity contribution in [1.82, 2.24) is 5.32 Å². The van der Waals surface area contributed by atoms with Crippen LogP contribution < -0.4 is 5.32 Å². The van der Waals surface area contributed by atoms with Gasteiger partial charge < -0.3 is 10.4 Å². The summed E-state index contributed by atoms with van der Waals surface area (Å²) in [6.45, 7) is 5.42. The highest BCUT2D eigenvalue weighted by Gasteiger charge is 2.23. The largest absolute Gasteiger partial charge is 0.480 e. The van der Waals surface area contributed by atoms with Crippen LogP contribution in [-0.2, 0) is 4.79 Å². The van der Waals surface area contributed by atoms with Crippen LogP contribution in [0.25, 0.3) is 0 Å². The predicted molar refractivity (Wildman–Crippen MR) is 72.6 cm³/mol. The smallest absolute Gasteiger partial charge is 0.326 e. The fourth-order valence-electron chi connectivity index (χ4n) is 1.47. The standard InChI is InChI=1S/C13H16BrNO3/c1-7(2)11(13(17)18)15-12(16)9-5-4-8(3)10(14)6-9/h4-7,11H,1-3H3,(H,15,16)(H,17,18)/t11-/m1/s1. The molecule has 0 saturated heterocycles. The van der Waals surface area contributed by atoms with Gasteiger partial charge in [-0.2, -0.15) is 0 Å². The van der Waals surface area contributed by atoms with E-state index in [1.54, 1.807) is 26.0 Å². The molecular weight excluding hydrogens is 298 g/mol. The van der Waals surface area contributed by atoms with Crippen LogP contribution in [0.2, 0.25) is 0 Å². The first-order valence-electron chi connectivity index (χ1n) is 5.62. The number of carbonyl (C=O) groups is 2. The summed E-state index contributed by atoms with van der Waals surface area (Å²) in [7, 11) is 0.